The zero-order valence-electron chi connectivity index (χ0n) is 11.4. The van der Waals surface area contributed by atoms with Gasteiger partial charge in [0, 0.05) is 24.3 Å². The molecule has 2 atom stereocenters. The van der Waals surface area contributed by atoms with Gasteiger partial charge in [0.25, 0.3) is 0 Å². The minimum atomic E-state index is -0.242. The van der Waals surface area contributed by atoms with E-state index in [9.17, 15) is 4.79 Å². The van der Waals surface area contributed by atoms with Crippen LogP contribution in [0.2, 0.25) is 0 Å². The van der Waals surface area contributed by atoms with Gasteiger partial charge >= 0.3 is 5.97 Å². The van der Waals surface area contributed by atoms with Crippen LogP contribution in [-0.2, 0) is 4.79 Å². The van der Waals surface area contributed by atoms with Gasteiger partial charge in [-0.05, 0) is 35.6 Å². The summed E-state index contributed by atoms with van der Waals surface area (Å²) in [5.41, 5.74) is 5.45. The van der Waals surface area contributed by atoms with E-state index in [4.69, 9.17) is 4.74 Å². The minimum Gasteiger partial charge on any atom is -0.426 e. The average molecular weight is 264 g/mol. The number of esters is 1. The molecule has 100 valence electrons. The number of ether oxygens (including phenoxy) is 1. The summed E-state index contributed by atoms with van der Waals surface area (Å²) in [5.74, 6) is 1.34. The second kappa shape index (κ2) is 4.20. The topological polar surface area (TPSA) is 26.3 Å². The molecule has 2 unspecified atom stereocenters. The molecule has 3 aliphatic carbocycles. The van der Waals surface area contributed by atoms with Gasteiger partial charge in [-0.15, -0.1) is 0 Å². The molecule has 0 amide bonds. The Morgan fingerprint density at radius 1 is 0.950 bits per heavy atom. The van der Waals surface area contributed by atoms with Crippen molar-refractivity contribution in [1.29, 1.82) is 0 Å². The summed E-state index contributed by atoms with van der Waals surface area (Å²) in [6, 6.07) is 14.8. The van der Waals surface area contributed by atoms with Crippen LogP contribution in [0.5, 0.6) is 5.75 Å². The highest BCUT2D eigenvalue weighted by molar-refractivity contribution is 5.71. The average Bonchev–Trinajstić information content (AvgIpc) is 2.47. The summed E-state index contributed by atoms with van der Waals surface area (Å²) in [6.45, 7) is 1.47. The van der Waals surface area contributed by atoms with Gasteiger partial charge in [0.05, 0.1) is 0 Å². The van der Waals surface area contributed by atoms with Crippen molar-refractivity contribution in [2.24, 2.45) is 0 Å². The van der Waals surface area contributed by atoms with Crippen LogP contribution in [-0.4, -0.2) is 5.97 Å². The first kappa shape index (κ1) is 11.7. The van der Waals surface area contributed by atoms with E-state index in [1.54, 1.807) is 0 Å². The zero-order chi connectivity index (χ0) is 13.7. The quantitative estimate of drug-likeness (QED) is 0.575. The molecule has 0 N–H and O–H groups in total. The highest BCUT2D eigenvalue weighted by atomic mass is 16.5. The van der Waals surface area contributed by atoms with Gasteiger partial charge in [-0.25, -0.2) is 0 Å². The summed E-state index contributed by atoms with van der Waals surface area (Å²) in [7, 11) is 0. The second-order valence-corrected chi connectivity index (χ2v) is 5.66. The van der Waals surface area contributed by atoms with Crippen molar-refractivity contribution in [1.82, 2.24) is 0 Å². The fraction of sp³-hybridized carbons (Fsp3) is 0.278. The van der Waals surface area contributed by atoms with Crippen LogP contribution in [0, 0.1) is 0 Å². The van der Waals surface area contributed by atoms with Crippen molar-refractivity contribution in [2.75, 3.05) is 0 Å². The van der Waals surface area contributed by atoms with E-state index < -0.39 is 0 Å². The van der Waals surface area contributed by atoms with Crippen molar-refractivity contribution in [3.05, 3.63) is 64.7 Å². The standard InChI is InChI=1S/C18H16O2/c1-11(19)20-17-8-4-7-15-14-9-10-16(18(15)17)13-6-3-2-5-12(13)14/h2-8,14,16H,9-10H2,1H3. The Kier molecular flexibility index (Phi) is 2.46. The van der Waals surface area contributed by atoms with Crippen LogP contribution in [0.25, 0.3) is 0 Å². The first-order chi connectivity index (χ1) is 9.75. The first-order valence-corrected chi connectivity index (χ1v) is 7.15. The molecule has 20 heavy (non-hydrogen) atoms. The Morgan fingerprint density at radius 2 is 1.60 bits per heavy atom. The number of hydrogen-bond acceptors (Lipinski definition) is 2. The van der Waals surface area contributed by atoms with Crippen LogP contribution in [0.15, 0.2) is 42.5 Å². The van der Waals surface area contributed by atoms with Crippen molar-refractivity contribution in [3.63, 3.8) is 0 Å². The second-order valence-electron chi connectivity index (χ2n) is 5.66. The molecule has 2 heteroatoms. The molecule has 2 nitrogen and oxygen atoms in total. The molecule has 0 aromatic heterocycles. The monoisotopic (exact) mass is 264 g/mol. The van der Waals surface area contributed by atoms with Crippen molar-refractivity contribution < 1.29 is 9.53 Å². The third-order valence-corrected chi connectivity index (χ3v) is 4.57. The number of carbonyl (C=O) groups excluding carboxylic acids is 1. The van der Waals surface area contributed by atoms with Crippen LogP contribution >= 0.6 is 0 Å². The maximum atomic E-state index is 11.3. The lowest BCUT2D eigenvalue weighted by Gasteiger charge is -2.40. The van der Waals surface area contributed by atoms with Crippen molar-refractivity contribution >= 4 is 5.97 Å². The molecule has 2 bridgehead atoms. The van der Waals surface area contributed by atoms with E-state index in [1.165, 1.54) is 35.6 Å². The summed E-state index contributed by atoms with van der Waals surface area (Å²) in [5, 5.41) is 0. The number of hydrogen-bond donors (Lipinski definition) is 0. The van der Waals surface area contributed by atoms with E-state index in [0.717, 1.165) is 12.2 Å². The van der Waals surface area contributed by atoms with Crippen LogP contribution in [0.3, 0.4) is 0 Å². The Morgan fingerprint density at radius 3 is 2.35 bits per heavy atom. The molecule has 5 rings (SSSR count). The largest absolute Gasteiger partial charge is 0.426 e. The smallest absolute Gasteiger partial charge is 0.308 e. The summed E-state index contributed by atoms with van der Waals surface area (Å²) in [4.78, 5) is 11.3. The molecule has 0 radical (unpaired) electrons. The first-order valence-electron chi connectivity index (χ1n) is 7.15. The van der Waals surface area contributed by atoms with Gasteiger partial charge in [0.15, 0.2) is 0 Å². The lowest BCUT2D eigenvalue weighted by atomic mass is 9.64. The lowest BCUT2D eigenvalue weighted by Crippen LogP contribution is -2.25. The van der Waals surface area contributed by atoms with Crippen molar-refractivity contribution in [2.45, 2.75) is 31.6 Å². The van der Waals surface area contributed by atoms with Crippen LogP contribution in [0.1, 0.15) is 53.9 Å². The summed E-state index contributed by atoms with van der Waals surface area (Å²) >= 11 is 0. The molecule has 0 saturated heterocycles. The highest BCUT2D eigenvalue weighted by Gasteiger charge is 2.38. The molecule has 0 aliphatic heterocycles. The van der Waals surface area contributed by atoms with E-state index >= 15 is 0 Å². The molecule has 0 fully saturated rings. The number of rotatable bonds is 1. The summed E-state index contributed by atoms with van der Waals surface area (Å²) < 4.78 is 5.44. The van der Waals surface area contributed by atoms with Gasteiger partial charge in [0.2, 0.25) is 0 Å². The molecule has 0 spiro atoms. The molecule has 0 saturated carbocycles. The van der Waals surface area contributed by atoms with Gasteiger partial charge in [-0.2, -0.15) is 0 Å². The van der Waals surface area contributed by atoms with E-state index in [2.05, 4.69) is 30.3 Å². The lowest BCUT2D eigenvalue weighted by molar-refractivity contribution is -0.131. The van der Waals surface area contributed by atoms with E-state index in [0.29, 0.717) is 11.8 Å². The van der Waals surface area contributed by atoms with E-state index in [1.807, 2.05) is 12.1 Å². The van der Waals surface area contributed by atoms with Gasteiger partial charge in [-0.3, -0.25) is 4.79 Å². The minimum absolute atomic E-state index is 0.242. The van der Waals surface area contributed by atoms with E-state index in [-0.39, 0.29) is 5.97 Å². The molecule has 2 aromatic carbocycles. The van der Waals surface area contributed by atoms with Gasteiger partial charge in [0.1, 0.15) is 5.75 Å². The molecular weight excluding hydrogens is 248 g/mol. The Balaban J connectivity index is 1.93. The number of fused-ring (bicyclic) bond motifs is 1. The number of carbonyl (C=O) groups is 1. The SMILES string of the molecule is CC(=O)Oc1cccc2c1C1CCC2c2ccccc21. The van der Waals surface area contributed by atoms with Crippen LogP contribution < -0.4 is 4.74 Å². The Hall–Kier alpha value is -2.09. The fourth-order valence-corrected chi connectivity index (χ4v) is 3.89. The highest BCUT2D eigenvalue weighted by Crippen LogP contribution is 2.54. The summed E-state index contributed by atoms with van der Waals surface area (Å²) in [6.07, 6.45) is 2.34. The van der Waals surface area contributed by atoms with Crippen LogP contribution in [0.4, 0.5) is 0 Å². The Labute approximate surface area is 118 Å². The molecule has 0 heterocycles. The van der Waals surface area contributed by atoms with Gasteiger partial charge in [-0.1, -0.05) is 36.4 Å². The Bertz CT molecular complexity index is 702. The predicted octanol–water partition coefficient (Wildman–Crippen LogP) is 3.98. The molecule has 2 aromatic rings. The predicted molar refractivity (Wildman–Crippen MR) is 77.1 cm³/mol. The maximum Gasteiger partial charge on any atom is 0.308 e. The third-order valence-electron chi connectivity index (χ3n) is 4.57. The normalized spacial score (nSPS) is 22.1. The maximum absolute atomic E-state index is 11.3. The molecule has 3 aliphatic rings. The van der Waals surface area contributed by atoms with Gasteiger partial charge < -0.3 is 4.74 Å². The van der Waals surface area contributed by atoms with Crippen molar-refractivity contribution in [3.8, 4) is 5.75 Å². The zero-order valence-corrected chi connectivity index (χ0v) is 11.4. The molecular formula is C18H16O2. The third kappa shape index (κ3) is 1.54. The number of benzene rings is 2. The fourth-order valence-electron chi connectivity index (χ4n) is 3.89.